The molecule has 7 nitrogen and oxygen atoms in total. The minimum Gasteiger partial charge on any atom is -0.380 e. The van der Waals surface area contributed by atoms with Gasteiger partial charge in [0, 0.05) is 39.6 Å². The first kappa shape index (κ1) is 14.6. The van der Waals surface area contributed by atoms with Gasteiger partial charge in [0.2, 0.25) is 5.91 Å². The molecular formula is C11H21N5O2. The van der Waals surface area contributed by atoms with Crippen LogP contribution < -0.4 is 10.6 Å². The van der Waals surface area contributed by atoms with E-state index >= 15 is 0 Å². The first-order valence-corrected chi connectivity index (χ1v) is 6.16. The van der Waals surface area contributed by atoms with Gasteiger partial charge < -0.3 is 15.4 Å². The monoisotopic (exact) mass is 255 g/mol. The maximum atomic E-state index is 10.9. The number of nitrogens with zero attached hydrogens (tertiary/aromatic N) is 2. The molecule has 1 aromatic heterocycles. The number of carbonyl (C=O) groups excluding carboxylic acids is 1. The predicted octanol–water partition coefficient (Wildman–Crippen LogP) is -0.520. The predicted molar refractivity (Wildman–Crippen MR) is 67.1 cm³/mol. The molecule has 0 aliphatic carbocycles. The lowest BCUT2D eigenvalue weighted by atomic mass is 10.3. The number of aromatic amines is 1. The molecule has 0 aliphatic rings. The van der Waals surface area contributed by atoms with Gasteiger partial charge in [-0.3, -0.25) is 9.89 Å². The second-order valence-corrected chi connectivity index (χ2v) is 3.82. The number of H-pyrrole nitrogens is 1. The fourth-order valence-electron chi connectivity index (χ4n) is 1.39. The van der Waals surface area contributed by atoms with Crippen molar-refractivity contribution < 1.29 is 9.53 Å². The summed E-state index contributed by atoms with van der Waals surface area (Å²) in [5.74, 6) is 0.942. The molecule has 18 heavy (non-hydrogen) atoms. The topological polar surface area (TPSA) is 91.9 Å². The van der Waals surface area contributed by atoms with Crippen LogP contribution in [0.5, 0.6) is 0 Å². The molecule has 0 spiro atoms. The van der Waals surface area contributed by atoms with E-state index in [0.29, 0.717) is 26.2 Å². The van der Waals surface area contributed by atoms with Crippen molar-refractivity contribution in [3.8, 4) is 0 Å². The fraction of sp³-hybridized carbons (Fsp3) is 0.727. The van der Waals surface area contributed by atoms with Gasteiger partial charge in [-0.1, -0.05) is 0 Å². The van der Waals surface area contributed by atoms with E-state index in [1.54, 1.807) is 7.05 Å². The van der Waals surface area contributed by atoms with Crippen molar-refractivity contribution in [2.45, 2.75) is 19.3 Å². The number of rotatable bonds is 10. The molecule has 1 amide bonds. The molecule has 0 saturated heterocycles. The Morgan fingerprint density at radius 2 is 2.33 bits per heavy atom. The Hall–Kier alpha value is -1.47. The van der Waals surface area contributed by atoms with Gasteiger partial charge in [-0.2, -0.15) is 5.10 Å². The van der Waals surface area contributed by atoms with Gasteiger partial charge in [-0.15, -0.1) is 0 Å². The second kappa shape index (κ2) is 9.55. The zero-order valence-corrected chi connectivity index (χ0v) is 10.7. The Labute approximate surface area is 107 Å². The van der Waals surface area contributed by atoms with E-state index in [2.05, 4.69) is 25.8 Å². The zero-order valence-electron chi connectivity index (χ0n) is 10.7. The van der Waals surface area contributed by atoms with Crippen LogP contribution in [0.25, 0.3) is 0 Å². The number of hydrogen-bond donors (Lipinski definition) is 3. The van der Waals surface area contributed by atoms with Crippen molar-refractivity contribution in [2.24, 2.45) is 0 Å². The van der Waals surface area contributed by atoms with Crippen molar-refractivity contribution in [1.82, 2.24) is 25.8 Å². The Morgan fingerprint density at radius 1 is 1.44 bits per heavy atom. The Morgan fingerprint density at radius 3 is 3.06 bits per heavy atom. The summed E-state index contributed by atoms with van der Waals surface area (Å²) in [6.45, 7) is 2.81. The van der Waals surface area contributed by atoms with Crippen molar-refractivity contribution in [3.63, 3.8) is 0 Å². The molecule has 0 atom stereocenters. The molecule has 0 aromatic carbocycles. The van der Waals surface area contributed by atoms with Gasteiger partial charge in [0.15, 0.2) is 0 Å². The molecule has 1 aromatic rings. The summed E-state index contributed by atoms with van der Waals surface area (Å²) in [6.07, 6.45) is 3.78. The fourth-order valence-corrected chi connectivity index (χ4v) is 1.39. The summed E-state index contributed by atoms with van der Waals surface area (Å²) in [6, 6.07) is 0. The molecule has 1 rings (SSSR count). The third-order valence-corrected chi connectivity index (χ3v) is 2.40. The summed E-state index contributed by atoms with van der Waals surface area (Å²) in [5.41, 5.74) is 0. The van der Waals surface area contributed by atoms with Gasteiger partial charge in [-0.05, 0) is 6.42 Å². The molecule has 0 unspecified atom stereocenters. The zero-order chi connectivity index (χ0) is 13.1. The first-order valence-electron chi connectivity index (χ1n) is 6.16. The summed E-state index contributed by atoms with van der Waals surface area (Å²) in [4.78, 5) is 14.9. The van der Waals surface area contributed by atoms with Gasteiger partial charge in [0.25, 0.3) is 0 Å². The molecule has 1 heterocycles. The summed E-state index contributed by atoms with van der Waals surface area (Å²) < 4.78 is 5.44. The minimum atomic E-state index is 0.0514. The number of carbonyl (C=O) groups is 1. The first-order chi connectivity index (χ1) is 8.83. The van der Waals surface area contributed by atoms with E-state index < -0.39 is 0 Å². The summed E-state index contributed by atoms with van der Waals surface area (Å²) in [7, 11) is 1.64. The van der Waals surface area contributed by atoms with Gasteiger partial charge in [-0.25, -0.2) is 4.98 Å². The third-order valence-electron chi connectivity index (χ3n) is 2.40. The highest BCUT2D eigenvalue weighted by atomic mass is 16.5. The van der Waals surface area contributed by atoms with E-state index in [4.69, 9.17) is 4.74 Å². The molecular weight excluding hydrogens is 234 g/mol. The molecule has 7 heteroatoms. The molecule has 0 fully saturated rings. The minimum absolute atomic E-state index is 0.0514. The van der Waals surface area contributed by atoms with Gasteiger partial charge in [0.05, 0.1) is 6.61 Å². The van der Waals surface area contributed by atoms with Crippen LogP contribution in [-0.4, -0.2) is 54.4 Å². The largest absolute Gasteiger partial charge is 0.380 e. The Balaban J connectivity index is 1.80. The molecule has 0 bridgehead atoms. The molecule has 0 saturated carbocycles. The summed E-state index contributed by atoms with van der Waals surface area (Å²) in [5, 5.41) is 12.3. The quantitative estimate of drug-likeness (QED) is 0.489. The average molecular weight is 255 g/mol. The standard InChI is InChI=1S/C11H21N5O2/c1-12-11(17)4-5-13-6-8-18-7-2-3-10-14-9-15-16-10/h9,13H,2-8H2,1H3,(H,12,17)(H,14,15,16). The van der Waals surface area contributed by atoms with Gasteiger partial charge >= 0.3 is 0 Å². The molecule has 102 valence electrons. The van der Waals surface area contributed by atoms with Crippen LogP contribution in [0.15, 0.2) is 6.33 Å². The van der Waals surface area contributed by atoms with Crippen molar-refractivity contribution in [2.75, 3.05) is 33.4 Å². The number of hydrogen-bond acceptors (Lipinski definition) is 5. The van der Waals surface area contributed by atoms with Crippen LogP contribution in [0, 0.1) is 0 Å². The normalized spacial score (nSPS) is 10.5. The van der Waals surface area contributed by atoms with Crippen molar-refractivity contribution in [3.05, 3.63) is 12.2 Å². The molecule has 3 N–H and O–H groups in total. The maximum Gasteiger partial charge on any atom is 0.221 e. The lowest BCUT2D eigenvalue weighted by Crippen LogP contribution is -2.27. The van der Waals surface area contributed by atoms with E-state index in [1.165, 1.54) is 6.33 Å². The highest BCUT2D eigenvalue weighted by molar-refractivity contribution is 5.75. The van der Waals surface area contributed by atoms with E-state index in [0.717, 1.165) is 25.2 Å². The Kier molecular flexibility index (Phi) is 7.74. The SMILES string of the molecule is CNC(=O)CCNCCOCCCc1ncn[nH]1. The van der Waals surface area contributed by atoms with Crippen LogP contribution in [-0.2, 0) is 16.0 Å². The molecule has 0 radical (unpaired) electrons. The number of aryl methyl sites for hydroxylation is 1. The van der Waals surface area contributed by atoms with Crippen LogP contribution in [0.2, 0.25) is 0 Å². The third kappa shape index (κ3) is 6.97. The summed E-state index contributed by atoms with van der Waals surface area (Å²) >= 11 is 0. The van der Waals surface area contributed by atoms with Crippen molar-refractivity contribution >= 4 is 5.91 Å². The van der Waals surface area contributed by atoms with Crippen molar-refractivity contribution in [1.29, 1.82) is 0 Å². The Bertz CT molecular complexity index is 315. The lowest BCUT2D eigenvalue weighted by Gasteiger charge is -2.05. The number of aromatic nitrogens is 3. The van der Waals surface area contributed by atoms with Crippen LogP contribution in [0.1, 0.15) is 18.7 Å². The number of amides is 1. The van der Waals surface area contributed by atoms with E-state index in [1.807, 2.05) is 0 Å². The van der Waals surface area contributed by atoms with Crippen LogP contribution >= 0.6 is 0 Å². The van der Waals surface area contributed by atoms with Crippen LogP contribution in [0.4, 0.5) is 0 Å². The maximum absolute atomic E-state index is 10.9. The highest BCUT2D eigenvalue weighted by Gasteiger charge is 1.97. The highest BCUT2D eigenvalue weighted by Crippen LogP contribution is 1.93. The van der Waals surface area contributed by atoms with E-state index in [-0.39, 0.29) is 5.91 Å². The van der Waals surface area contributed by atoms with Crippen LogP contribution in [0.3, 0.4) is 0 Å². The number of nitrogens with one attached hydrogen (secondary N) is 3. The smallest absolute Gasteiger partial charge is 0.221 e. The van der Waals surface area contributed by atoms with Gasteiger partial charge in [0.1, 0.15) is 12.2 Å². The number of ether oxygens (including phenoxy) is 1. The average Bonchev–Trinajstić information content (AvgIpc) is 2.89. The lowest BCUT2D eigenvalue weighted by molar-refractivity contribution is -0.120. The van der Waals surface area contributed by atoms with E-state index in [9.17, 15) is 4.79 Å². The molecule has 0 aliphatic heterocycles. The second-order valence-electron chi connectivity index (χ2n) is 3.82.